The van der Waals surface area contributed by atoms with Crippen LogP contribution in [-0.2, 0) is 0 Å². The van der Waals surface area contributed by atoms with E-state index in [1.807, 2.05) is 43.5 Å². The van der Waals surface area contributed by atoms with Gasteiger partial charge in [-0.15, -0.1) is 0 Å². The molecule has 0 radical (unpaired) electrons. The second-order valence-electron chi connectivity index (χ2n) is 6.55. The first-order valence-corrected chi connectivity index (χ1v) is 8.39. The maximum absolute atomic E-state index is 4.65. The number of hydrogen-bond acceptors (Lipinski definition) is 7. The van der Waals surface area contributed by atoms with Gasteiger partial charge < -0.3 is 19.7 Å². The van der Waals surface area contributed by atoms with E-state index in [4.69, 9.17) is 0 Å². The predicted molar refractivity (Wildman–Crippen MR) is 99.3 cm³/mol. The van der Waals surface area contributed by atoms with Crippen molar-refractivity contribution >= 4 is 28.6 Å². The lowest BCUT2D eigenvalue weighted by atomic mass is 10.2. The third kappa shape index (κ3) is 2.84. The molecule has 1 aliphatic heterocycles. The van der Waals surface area contributed by atoms with E-state index in [0.29, 0.717) is 6.04 Å². The van der Waals surface area contributed by atoms with Crippen molar-refractivity contribution in [3.8, 4) is 0 Å². The second kappa shape index (κ2) is 6.19. The van der Waals surface area contributed by atoms with E-state index in [-0.39, 0.29) is 0 Å². The molecule has 4 heterocycles. The minimum absolute atomic E-state index is 0.383. The Morgan fingerprint density at radius 1 is 1.16 bits per heavy atom. The van der Waals surface area contributed by atoms with Crippen molar-refractivity contribution < 1.29 is 0 Å². The van der Waals surface area contributed by atoms with Crippen LogP contribution < -0.4 is 14.7 Å². The summed E-state index contributed by atoms with van der Waals surface area (Å²) in [4.78, 5) is 27.4. The SMILES string of the molecule is CN(C)c1nccc(N(C)C2CCN(c3ncnc4[nH]ccc34)C2)n1. The van der Waals surface area contributed by atoms with Crippen LogP contribution in [0.5, 0.6) is 0 Å². The molecule has 3 aromatic rings. The van der Waals surface area contributed by atoms with Crippen molar-refractivity contribution in [1.82, 2.24) is 24.9 Å². The fraction of sp³-hybridized carbons (Fsp3) is 0.412. The molecule has 0 aliphatic carbocycles. The van der Waals surface area contributed by atoms with E-state index < -0.39 is 0 Å². The molecule has 0 spiro atoms. The van der Waals surface area contributed by atoms with Gasteiger partial charge in [-0.2, -0.15) is 4.98 Å². The molecule has 3 aromatic heterocycles. The van der Waals surface area contributed by atoms with Crippen molar-refractivity contribution in [3.05, 3.63) is 30.9 Å². The summed E-state index contributed by atoms with van der Waals surface area (Å²) >= 11 is 0. The first kappa shape index (κ1) is 15.6. The van der Waals surface area contributed by atoms with Gasteiger partial charge in [0.15, 0.2) is 0 Å². The number of rotatable bonds is 4. The summed E-state index contributed by atoms with van der Waals surface area (Å²) in [5.74, 6) is 2.67. The van der Waals surface area contributed by atoms with Gasteiger partial charge in [0.25, 0.3) is 0 Å². The summed E-state index contributed by atoms with van der Waals surface area (Å²) in [6, 6.07) is 4.38. The monoisotopic (exact) mass is 338 g/mol. The summed E-state index contributed by atoms with van der Waals surface area (Å²) in [6.45, 7) is 1.88. The maximum atomic E-state index is 4.65. The largest absolute Gasteiger partial charge is 0.355 e. The van der Waals surface area contributed by atoms with E-state index in [9.17, 15) is 0 Å². The fourth-order valence-corrected chi connectivity index (χ4v) is 3.30. The molecule has 130 valence electrons. The van der Waals surface area contributed by atoms with E-state index in [2.05, 4.69) is 41.8 Å². The second-order valence-corrected chi connectivity index (χ2v) is 6.55. The van der Waals surface area contributed by atoms with Crippen LogP contribution in [0.2, 0.25) is 0 Å². The molecule has 1 N–H and O–H groups in total. The molecule has 1 saturated heterocycles. The molecule has 4 rings (SSSR count). The lowest BCUT2D eigenvalue weighted by Crippen LogP contribution is -2.35. The zero-order valence-corrected chi connectivity index (χ0v) is 14.7. The Morgan fingerprint density at radius 2 is 2.04 bits per heavy atom. The van der Waals surface area contributed by atoms with Crippen LogP contribution >= 0.6 is 0 Å². The molecule has 0 saturated carbocycles. The van der Waals surface area contributed by atoms with Crippen LogP contribution in [0, 0.1) is 0 Å². The molecule has 0 amide bonds. The maximum Gasteiger partial charge on any atom is 0.226 e. The fourth-order valence-electron chi connectivity index (χ4n) is 3.30. The summed E-state index contributed by atoms with van der Waals surface area (Å²) < 4.78 is 0. The third-order valence-corrected chi connectivity index (χ3v) is 4.73. The van der Waals surface area contributed by atoms with Crippen molar-refractivity contribution in [2.75, 3.05) is 48.9 Å². The van der Waals surface area contributed by atoms with E-state index in [1.54, 1.807) is 6.33 Å². The minimum Gasteiger partial charge on any atom is -0.355 e. The van der Waals surface area contributed by atoms with Gasteiger partial charge in [0.05, 0.1) is 5.39 Å². The van der Waals surface area contributed by atoms with Crippen LogP contribution in [0.1, 0.15) is 6.42 Å². The zero-order valence-electron chi connectivity index (χ0n) is 14.7. The minimum atomic E-state index is 0.383. The van der Waals surface area contributed by atoms with Gasteiger partial charge in [-0.05, 0) is 18.6 Å². The Kier molecular flexibility index (Phi) is 3.87. The van der Waals surface area contributed by atoms with Gasteiger partial charge in [-0.25, -0.2) is 15.0 Å². The standard InChI is InChI=1S/C17H22N8/c1-23(2)17-19-8-5-14(22-17)24(3)12-6-9-25(10-12)16-13-4-7-18-15(13)20-11-21-16/h4-5,7-8,11-12H,6,9-10H2,1-3H3,(H,18,20,21). The van der Waals surface area contributed by atoms with Gasteiger partial charge >= 0.3 is 0 Å². The van der Waals surface area contributed by atoms with Crippen molar-refractivity contribution in [3.63, 3.8) is 0 Å². The average molecular weight is 338 g/mol. The number of hydrogen-bond donors (Lipinski definition) is 1. The number of nitrogens with one attached hydrogen (secondary N) is 1. The number of nitrogens with zero attached hydrogens (tertiary/aromatic N) is 7. The van der Waals surface area contributed by atoms with E-state index in [0.717, 1.165) is 48.1 Å². The molecule has 1 aliphatic rings. The topological polar surface area (TPSA) is 77.1 Å². The van der Waals surface area contributed by atoms with Crippen molar-refractivity contribution in [2.45, 2.75) is 12.5 Å². The average Bonchev–Trinajstić information content (AvgIpc) is 3.30. The van der Waals surface area contributed by atoms with Crippen molar-refractivity contribution in [2.24, 2.45) is 0 Å². The van der Waals surface area contributed by atoms with Gasteiger partial charge in [0.2, 0.25) is 5.95 Å². The number of anilines is 3. The van der Waals surface area contributed by atoms with E-state index >= 15 is 0 Å². The molecule has 0 aromatic carbocycles. The summed E-state index contributed by atoms with van der Waals surface area (Å²) in [7, 11) is 6.00. The number of fused-ring (bicyclic) bond motifs is 1. The summed E-state index contributed by atoms with van der Waals surface area (Å²) in [5.41, 5.74) is 0.883. The molecule has 25 heavy (non-hydrogen) atoms. The third-order valence-electron chi connectivity index (χ3n) is 4.73. The molecule has 1 unspecified atom stereocenters. The smallest absolute Gasteiger partial charge is 0.226 e. The lowest BCUT2D eigenvalue weighted by molar-refractivity contribution is 0.682. The molecule has 8 heteroatoms. The molecular formula is C17H22N8. The number of aromatic nitrogens is 5. The molecule has 1 fully saturated rings. The van der Waals surface area contributed by atoms with Crippen LogP contribution in [0.15, 0.2) is 30.9 Å². The number of likely N-dealkylation sites (N-methyl/N-ethyl adjacent to an activating group) is 1. The van der Waals surface area contributed by atoms with Crippen LogP contribution in [-0.4, -0.2) is 65.2 Å². The van der Waals surface area contributed by atoms with Crippen molar-refractivity contribution in [1.29, 1.82) is 0 Å². The zero-order chi connectivity index (χ0) is 17.4. The van der Waals surface area contributed by atoms with Gasteiger partial charge in [-0.1, -0.05) is 0 Å². The Morgan fingerprint density at radius 3 is 2.88 bits per heavy atom. The quantitative estimate of drug-likeness (QED) is 0.773. The highest BCUT2D eigenvalue weighted by Gasteiger charge is 2.28. The lowest BCUT2D eigenvalue weighted by Gasteiger charge is -2.26. The van der Waals surface area contributed by atoms with Gasteiger partial charge in [0.1, 0.15) is 23.6 Å². The number of aromatic amines is 1. The molecule has 0 bridgehead atoms. The Labute approximate surface area is 146 Å². The Hall–Kier alpha value is -2.90. The highest BCUT2D eigenvalue weighted by Crippen LogP contribution is 2.28. The van der Waals surface area contributed by atoms with Crippen LogP contribution in [0.3, 0.4) is 0 Å². The van der Waals surface area contributed by atoms with Crippen LogP contribution in [0.25, 0.3) is 11.0 Å². The molecule has 1 atom stereocenters. The first-order valence-electron chi connectivity index (χ1n) is 8.39. The Balaban J connectivity index is 1.54. The summed E-state index contributed by atoms with van der Waals surface area (Å²) in [6.07, 6.45) is 6.41. The highest BCUT2D eigenvalue weighted by atomic mass is 15.3. The molecule has 8 nitrogen and oxygen atoms in total. The highest BCUT2D eigenvalue weighted by molar-refractivity contribution is 5.87. The van der Waals surface area contributed by atoms with Gasteiger partial charge in [0, 0.05) is 52.7 Å². The summed E-state index contributed by atoms with van der Waals surface area (Å²) in [5, 5.41) is 1.07. The van der Waals surface area contributed by atoms with Gasteiger partial charge in [-0.3, -0.25) is 0 Å². The molecular weight excluding hydrogens is 316 g/mol. The Bertz CT molecular complexity index is 874. The first-order chi connectivity index (χ1) is 12.1. The van der Waals surface area contributed by atoms with Crippen LogP contribution in [0.4, 0.5) is 17.6 Å². The normalized spacial score (nSPS) is 17.2. The number of H-pyrrole nitrogens is 1. The van der Waals surface area contributed by atoms with E-state index in [1.165, 1.54) is 0 Å². The predicted octanol–water partition coefficient (Wildman–Crippen LogP) is 1.53.